The Hall–Kier alpha value is -0.910. The molecule has 0 unspecified atom stereocenters. The SMILES string of the molecule is CNCc1cnc(CCN2CCN(C)CC2)o1. The molecule has 0 bridgehead atoms. The fourth-order valence-electron chi connectivity index (χ4n) is 2.04. The molecular weight excluding hydrogens is 216 g/mol. The van der Waals surface area contributed by atoms with Gasteiger partial charge in [-0.3, -0.25) is 0 Å². The summed E-state index contributed by atoms with van der Waals surface area (Å²) in [5.74, 6) is 1.77. The highest BCUT2D eigenvalue weighted by Crippen LogP contribution is 2.06. The van der Waals surface area contributed by atoms with Crippen molar-refractivity contribution in [1.29, 1.82) is 0 Å². The van der Waals surface area contributed by atoms with E-state index in [1.807, 2.05) is 13.2 Å². The molecule has 5 nitrogen and oxygen atoms in total. The maximum Gasteiger partial charge on any atom is 0.195 e. The van der Waals surface area contributed by atoms with Crippen molar-refractivity contribution in [2.75, 3.05) is 46.8 Å². The van der Waals surface area contributed by atoms with Gasteiger partial charge in [-0.1, -0.05) is 0 Å². The van der Waals surface area contributed by atoms with Crippen molar-refractivity contribution < 1.29 is 4.42 Å². The Balaban J connectivity index is 1.73. The van der Waals surface area contributed by atoms with E-state index in [-0.39, 0.29) is 0 Å². The average Bonchev–Trinajstić information content (AvgIpc) is 2.77. The fraction of sp³-hybridized carbons (Fsp3) is 0.750. The molecule has 2 heterocycles. The molecule has 1 aromatic rings. The van der Waals surface area contributed by atoms with E-state index >= 15 is 0 Å². The number of oxazole rings is 1. The number of likely N-dealkylation sites (N-methyl/N-ethyl adjacent to an activating group) is 1. The lowest BCUT2D eigenvalue weighted by atomic mass is 10.3. The van der Waals surface area contributed by atoms with Crippen LogP contribution in [0.4, 0.5) is 0 Å². The Labute approximate surface area is 103 Å². The number of nitrogens with zero attached hydrogens (tertiary/aromatic N) is 3. The summed E-state index contributed by atoms with van der Waals surface area (Å²) in [7, 11) is 4.09. The van der Waals surface area contributed by atoms with Crippen LogP contribution in [0.5, 0.6) is 0 Å². The van der Waals surface area contributed by atoms with E-state index < -0.39 is 0 Å². The number of hydrogen-bond acceptors (Lipinski definition) is 5. The van der Waals surface area contributed by atoms with Crippen LogP contribution < -0.4 is 5.32 Å². The van der Waals surface area contributed by atoms with Crippen LogP contribution in [-0.4, -0.2) is 61.6 Å². The summed E-state index contributed by atoms with van der Waals surface area (Å²) < 4.78 is 5.63. The molecule has 0 radical (unpaired) electrons. The maximum absolute atomic E-state index is 5.63. The third kappa shape index (κ3) is 3.80. The minimum atomic E-state index is 0.751. The van der Waals surface area contributed by atoms with Crippen molar-refractivity contribution in [1.82, 2.24) is 20.1 Å². The first kappa shape index (κ1) is 12.5. The van der Waals surface area contributed by atoms with Crippen molar-refractivity contribution in [3.63, 3.8) is 0 Å². The monoisotopic (exact) mass is 238 g/mol. The number of rotatable bonds is 5. The summed E-state index contributed by atoms with van der Waals surface area (Å²) in [4.78, 5) is 9.13. The number of aromatic nitrogens is 1. The number of piperazine rings is 1. The van der Waals surface area contributed by atoms with Gasteiger partial charge in [0, 0.05) is 39.1 Å². The van der Waals surface area contributed by atoms with Gasteiger partial charge in [-0.15, -0.1) is 0 Å². The van der Waals surface area contributed by atoms with Crippen molar-refractivity contribution in [3.8, 4) is 0 Å². The van der Waals surface area contributed by atoms with Gasteiger partial charge in [-0.05, 0) is 14.1 Å². The van der Waals surface area contributed by atoms with Gasteiger partial charge in [0.1, 0.15) is 5.76 Å². The predicted molar refractivity (Wildman–Crippen MR) is 66.9 cm³/mol. The van der Waals surface area contributed by atoms with Crippen LogP contribution in [-0.2, 0) is 13.0 Å². The van der Waals surface area contributed by atoms with Crippen LogP contribution in [0.2, 0.25) is 0 Å². The molecule has 0 aromatic carbocycles. The molecule has 1 N–H and O–H groups in total. The first-order chi connectivity index (χ1) is 8.28. The lowest BCUT2D eigenvalue weighted by Gasteiger charge is -2.31. The molecule has 17 heavy (non-hydrogen) atoms. The smallest absolute Gasteiger partial charge is 0.195 e. The van der Waals surface area contributed by atoms with Crippen molar-refractivity contribution in [2.45, 2.75) is 13.0 Å². The zero-order chi connectivity index (χ0) is 12.1. The zero-order valence-electron chi connectivity index (χ0n) is 10.8. The third-order valence-corrected chi connectivity index (χ3v) is 3.19. The Morgan fingerprint density at radius 2 is 2.12 bits per heavy atom. The molecule has 1 aromatic heterocycles. The van der Waals surface area contributed by atoms with Crippen LogP contribution in [0.1, 0.15) is 11.7 Å². The number of nitrogens with one attached hydrogen (secondary N) is 1. The third-order valence-electron chi connectivity index (χ3n) is 3.19. The van der Waals surface area contributed by atoms with Crippen LogP contribution in [0.25, 0.3) is 0 Å². The minimum Gasteiger partial charge on any atom is -0.444 e. The molecule has 0 spiro atoms. The van der Waals surface area contributed by atoms with E-state index in [1.165, 1.54) is 0 Å². The van der Waals surface area contributed by atoms with Gasteiger partial charge in [0.25, 0.3) is 0 Å². The molecule has 0 aliphatic carbocycles. The van der Waals surface area contributed by atoms with Crippen molar-refractivity contribution in [3.05, 3.63) is 17.8 Å². The Morgan fingerprint density at radius 1 is 1.35 bits per heavy atom. The lowest BCUT2D eigenvalue weighted by molar-refractivity contribution is 0.153. The van der Waals surface area contributed by atoms with Crippen LogP contribution >= 0.6 is 0 Å². The van der Waals surface area contributed by atoms with Gasteiger partial charge in [0.2, 0.25) is 0 Å². The molecule has 1 aliphatic heterocycles. The Morgan fingerprint density at radius 3 is 2.82 bits per heavy atom. The summed E-state index contributed by atoms with van der Waals surface area (Å²) in [6.45, 7) is 6.43. The minimum absolute atomic E-state index is 0.751. The Bertz CT molecular complexity index is 331. The summed E-state index contributed by atoms with van der Waals surface area (Å²) in [5, 5.41) is 3.06. The van der Waals surface area contributed by atoms with E-state index in [0.29, 0.717) is 0 Å². The Kier molecular flexibility index (Phi) is 4.53. The van der Waals surface area contributed by atoms with E-state index in [0.717, 1.165) is 57.3 Å². The van der Waals surface area contributed by atoms with Crippen molar-refractivity contribution >= 4 is 0 Å². The van der Waals surface area contributed by atoms with E-state index in [9.17, 15) is 0 Å². The van der Waals surface area contributed by atoms with Gasteiger partial charge in [-0.2, -0.15) is 0 Å². The second-order valence-electron chi connectivity index (χ2n) is 4.65. The highest BCUT2D eigenvalue weighted by Gasteiger charge is 2.14. The summed E-state index contributed by atoms with van der Waals surface area (Å²) in [5.41, 5.74) is 0. The van der Waals surface area contributed by atoms with Crippen LogP contribution in [0, 0.1) is 0 Å². The van der Waals surface area contributed by atoms with Gasteiger partial charge in [0.05, 0.1) is 12.7 Å². The van der Waals surface area contributed by atoms with Gasteiger partial charge >= 0.3 is 0 Å². The molecule has 1 aliphatic rings. The van der Waals surface area contributed by atoms with Gasteiger partial charge in [-0.25, -0.2) is 4.98 Å². The standard InChI is InChI=1S/C12H22N4O/c1-13-9-11-10-14-12(17-11)3-4-16-7-5-15(2)6-8-16/h10,13H,3-9H2,1-2H3. The molecule has 1 fully saturated rings. The fourth-order valence-corrected chi connectivity index (χ4v) is 2.04. The van der Waals surface area contributed by atoms with Crippen molar-refractivity contribution in [2.24, 2.45) is 0 Å². The topological polar surface area (TPSA) is 44.5 Å². The van der Waals surface area contributed by atoms with E-state index in [4.69, 9.17) is 4.42 Å². The predicted octanol–water partition coefficient (Wildman–Crippen LogP) is 0.184. The molecule has 2 rings (SSSR count). The van der Waals surface area contributed by atoms with Crippen LogP contribution in [0.15, 0.2) is 10.6 Å². The summed E-state index contributed by atoms with van der Waals surface area (Å²) in [6, 6.07) is 0. The molecule has 96 valence electrons. The van der Waals surface area contributed by atoms with Gasteiger partial charge < -0.3 is 19.5 Å². The van der Waals surface area contributed by atoms with E-state index in [2.05, 4.69) is 27.1 Å². The maximum atomic E-state index is 5.63. The average molecular weight is 238 g/mol. The van der Waals surface area contributed by atoms with Crippen LogP contribution in [0.3, 0.4) is 0 Å². The lowest BCUT2D eigenvalue weighted by Crippen LogP contribution is -2.45. The van der Waals surface area contributed by atoms with E-state index in [1.54, 1.807) is 0 Å². The highest BCUT2D eigenvalue weighted by atomic mass is 16.4. The summed E-state index contributed by atoms with van der Waals surface area (Å²) >= 11 is 0. The molecular formula is C12H22N4O. The van der Waals surface area contributed by atoms with Gasteiger partial charge in [0.15, 0.2) is 5.89 Å². The molecule has 0 saturated carbocycles. The zero-order valence-corrected chi connectivity index (χ0v) is 10.8. The molecule has 0 atom stereocenters. The normalized spacial score (nSPS) is 18.7. The molecule has 5 heteroatoms. The molecule has 1 saturated heterocycles. The number of hydrogen-bond donors (Lipinski definition) is 1. The summed E-state index contributed by atoms with van der Waals surface area (Å²) in [6.07, 6.45) is 2.73. The second kappa shape index (κ2) is 6.14. The second-order valence-corrected chi connectivity index (χ2v) is 4.65. The quantitative estimate of drug-likeness (QED) is 0.793. The first-order valence-electron chi connectivity index (χ1n) is 6.27. The largest absolute Gasteiger partial charge is 0.444 e. The first-order valence-corrected chi connectivity index (χ1v) is 6.27. The highest BCUT2D eigenvalue weighted by molar-refractivity contribution is 4.94. The molecule has 0 amide bonds.